The standard InChI is InChI=1S/C19H20Cl2N2O4/c1-11(2)22-18(24)10-27-16-7-4-12(8-17(16)26-3)19(25)23-13-5-6-14(20)15(21)9-13/h4-9,11H,10H2,1-3H3,(H,22,24)(H,23,25). The molecule has 8 heteroatoms. The number of hydrogen-bond donors (Lipinski definition) is 2. The van der Waals surface area contributed by atoms with Gasteiger partial charge in [0.25, 0.3) is 11.8 Å². The van der Waals surface area contributed by atoms with E-state index in [1.807, 2.05) is 13.8 Å². The summed E-state index contributed by atoms with van der Waals surface area (Å²) in [6, 6.07) is 9.51. The number of halogens is 2. The van der Waals surface area contributed by atoms with Gasteiger partial charge in [0, 0.05) is 17.3 Å². The van der Waals surface area contributed by atoms with E-state index < -0.39 is 0 Å². The summed E-state index contributed by atoms with van der Waals surface area (Å²) in [5, 5.41) is 6.20. The Bertz CT molecular complexity index is 840. The van der Waals surface area contributed by atoms with Crippen molar-refractivity contribution in [1.29, 1.82) is 0 Å². The maximum absolute atomic E-state index is 12.4. The SMILES string of the molecule is COc1cc(C(=O)Nc2ccc(Cl)c(Cl)c2)ccc1OCC(=O)NC(C)C. The molecule has 2 N–H and O–H groups in total. The first-order valence-electron chi connectivity index (χ1n) is 8.16. The van der Waals surface area contributed by atoms with E-state index in [1.54, 1.807) is 30.3 Å². The van der Waals surface area contributed by atoms with E-state index in [0.29, 0.717) is 32.8 Å². The Kier molecular flexibility index (Phi) is 7.33. The van der Waals surface area contributed by atoms with Crippen molar-refractivity contribution >= 4 is 40.7 Å². The van der Waals surface area contributed by atoms with Gasteiger partial charge in [-0.1, -0.05) is 23.2 Å². The molecule has 0 radical (unpaired) electrons. The number of carbonyl (C=O) groups is 2. The highest BCUT2D eigenvalue weighted by atomic mass is 35.5. The lowest BCUT2D eigenvalue weighted by atomic mass is 10.2. The molecule has 0 spiro atoms. The summed E-state index contributed by atoms with van der Waals surface area (Å²) >= 11 is 11.8. The number of rotatable bonds is 7. The molecular formula is C19H20Cl2N2O4. The predicted molar refractivity (Wildman–Crippen MR) is 106 cm³/mol. The molecule has 2 rings (SSSR count). The van der Waals surface area contributed by atoms with Crippen LogP contribution in [0.5, 0.6) is 11.5 Å². The number of benzene rings is 2. The van der Waals surface area contributed by atoms with Gasteiger partial charge in [0.2, 0.25) is 0 Å². The number of hydrogen-bond acceptors (Lipinski definition) is 4. The minimum Gasteiger partial charge on any atom is -0.493 e. The van der Waals surface area contributed by atoms with Crippen molar-refractivity contribution in [1.82, 2.24) is 5.32 Å². The van der Waals surface area contributed by atoms with E-state index in [0.717, 1.165) is 0 Å². The summed E-state index contributed by atoms with van der Waals surface area (Å²) in [7, 11) is 1.46. The molecule has 0 atom stereocenters. The molecule has 2 amide bonds. The van der Waals surface area contributed by atoms with Crippen molar-refractivity contribution < 1.29 is 19.1 Å². The first-order chi connectivity index (χ1) is 12.8. The van der Waals surface area contributed by atoms with Gasteiger partial charge in [-0.05, 0) is 50.2 Å². The van der Waals surface area contributed by atoms with Crippen LogP contribution < -0.4 is 20.1 Å². The Balaban J connectivity index is 2.08. The predicted octanol–water partition coefficient (Wildman–Crippen LogP) is 4.16. The van der Waals surface area contributed by atoms with Crippen LogP contribution in [0.3, 0.4) is 0 Å². The molecule has 2 aromatic rings. The second-order valence-electron chi connectivity index (χ2n) is 5.96. The third-order valence-corrected chi connectivity index (χ3v) is 4.15. The van der Waals surface area contributed by atoms with Crippen LogP contribution in [0.15, 0.2) is 36.4 Å². The zero-order valence-electron chi connectivity index (χ0n) is 15.1. The first-order valence-corrected chi connectivity index (χ1v) is 8.92. The Hall–Kier alpha value is -2.44. The number of methoxy groups -OCH3 is 1. The number of carbonyl (C=O) groups excluding carboxylic acids is 2. The highest BCUT2D eigenvalue weighted by molar-refractivity contribution is 6.42. The van der Waals surface area contributed by atoms with E-state index in [-0.39, 0.29) is 24.5 Å². The summed E-state index contributed by atoms with van der Waals surface area (Å²) in [5.74, 6) is 0.112. The molecular weight excluding hydrogens is 391 g/mol. The van der Waals surface area contributed by atoms with Crippen molar-refractivity contribution in [2.45, 2.75) is 19.9 Å². The normalized spacial score (nSPS) is 10.4. The second kappa shape index (κ2) is 9.48. The lowest BCUT2D eigenvalue weighted by Gasteiger charge is -2.13. The van der Waals surface area contributed by atoms with Crippen LogP contribution in [-0.4, -0.2) is 31.6 Å². The highest BCUT2D eigenvalue weighted by Gasteiger charge is 2.13. The monoisotopic (exact) mass is 410 g/mol. The van der Waals surface area contributed by atoms with Gasteiger partial charge in [-0.2, -0.15) is 0 Å². The molecule has 0 aromatic heterocycles. The zero-order valence-corrected chi connectivity index (χ0v) is 16.6. The zero-order chi connectivity index (χ0) is 20.0. The van der Waals surface area contributed by atoms with Crippen LogP contribution in [0, 0.1) is 0 Å². The summed E-state index contributed by atoms with van der Waals surface area (Å²) in [5.41, 5.74) is 0.871. The van der Waals surface area contributed by atoms with Crippen LogP contribution in [-0.2, 0) is 4.79 Å². The molecule has 0 saturated heterocycles. The number of ether oxygens (including phenoxy) is 2. The van der Waals surface area contributed by atoms with Gasteiger partial charge in [-0.25, -0.2) is 0 Å². The fourth-order valence-electron chi connectivity index (χ4n) is 2.21. The molecule has 0 unspecified atom stereocenters. The fraction of sp³-hybridized carbons (Fsp3) is 0.263. The summed E-state index contributed by atoms with van der Waals surface area (Å²) < 4.78 is 10.7. The Morgan fingerprint density at radius 3 is 2.41 bits per heavy atom. The summed E-state index contributed by atoms with van der Waals surface area (Å²) in [4.78, 5) is 24.1. The minimum atomic E-state index is -0.351. The molecule has 2 aromatic carbocycles. The smallest absolute Gasteiger partial charge is 0.258 e. The number of nitrogens with one attached hydrogen (secondary N) is 2. The van der Waals surface area contributed by atoms with Gasteiger partial charge in [-0.3, -0.25) is 9.59 Å². The van der Waals surface area contributed by atoms with Gasteiger partial charge in [0.1, 0.15) is 0 Å². The van der Waals surface area contributed by atoms with Crippen molar-refractivity contribution in [3.63, 3.8) is 0 Å². The van der Waals surface area contributed by atoms with E-state index in [9.17, 15) is 9.59 Å². The lowest BCUT2D eigenvalue weighted by molar-refractivity contribution is -0.123. The molecule has 6 nitrogen and oxygen atoms in total. The van der Waals surface area contributed by atoms with Gasteiger partial charge >= 0.3 is 0 Å². The second-order valence-corrected chi connectivity index (χ2v) is 6.77. The van der Waals surface area contributed by atoms with Crippen LogP contribution in [0.25, 0.3) is 0 Å². The Morgan fingerprint density at radius 2 is 1.78 bits per heavy atom. The highest BCUT2D eigenvalue weighted by Crippen LogP contribution is 2.29. The van der Waals surface area contributed by atoms with Gasteiger partial charge in [0.15, 0.2) is 18.1 Å². The van der Waals surface area contributed by atoms with Gasteiger partial charge < -0.3 is 20.1 Å². The average Bonchev–Trinajstić information content (AvgIpc) is 2.62. The molecule has 0 aliphatic rings. The third kappa shape index (κ3) is 6.05. The molecule has 144 valence electrons. The van der Waals surface area contributed by atoms with Crippen LogP contribution in [0.4, 0.5) is 5.69 Å². The van der Waals surface area contributed by atoms with Crippen molar-refractivity contribution in [3.05, 3.63) is 52.0 Å². The van der Waals surface area contributed by atoms with Crippen LogP contribution in [0.2, 0.25) is 10.0 Å². The molecule has 0 fully saturated rings. The van der Waals surface area contributed by atoms with Gasteiger partial charge in [0.05, 0.1) is 17.2 Å². The third-order valence-electron chi connectivity index (χ3n) is 3.41. The van der Waals surface area contributed by atoms with E-state index in [2.05, 4.69) is 10.6 Å². The van der Waals surface area contributed by atoms with E-state index in [1.165, 1.54) is 13.2 Å². The van der Waals surface area contributed by atoms with E-state index in [4.69, 9.17) is 32.7 Å². The number of anilines is 1. The summed E-state index contributed by atoms with van der Waals surface area (Å²) in [6.45, 7) is 3.57. The molecule has 0 heterocycles. The quantitative estimate of drug-likeness (QED) is 0.718. The molecule has 27 heavy (non-hydrogen) atoms. The number of amides is 2. The first kappa shape index (κ1) is 20.9. The maximum Gasteiger partial charge on any atom is 0.258 e. The summed E-state index contributed by atoms with van der Waals surface area (Å²) in [6.07, 6.45) is 0. The van der Waals surface area contributed by atoms with Crippen LogP contribution in [0.1, 0.15) is 24.2 Å². The maximum atomic E-state index is 12.4. The fourth-order valence-corrected chi connectivity index (χ4v) is 2.51. The molecule has 0 aliphatic carbocycles. The van der Waals surface area contributed by atoms with Crippen molar-refractivity contribution in [2.75, 3.05) is 19.0 Å². The van der Waals surface area contributed by atoms with Gasteiger partial charge in [-0.15, -0.1) is 0 Å². The minimum absolute atomic E-state index is 0.0236. The van der Waals surface area contributed by atoms with E-state index >= 15 is 0 Å². The topological polar surface area (TPSA) is 76.7 Å². The Morgan fingerprint density at radius 1 is 1.04 bits per heavy atom. The van der Waals surface area contributed by atoms with Crippen molar-refractivity contribution in [3.8, 4) is 11.5 Å². The Labute approximate surface area is 167 Å². The average molecular weight is 411 g/mol. The lowest BCUT2D eigenvalue weighted by Crippen LogP contribution is -2.34. The molecule has 0 aliphatic heterocycles. The van der Waals surface area contributed by atoms with Crippen LogP contribution >= 0.6 is 23.2 Å². The van der Waals surface area contributed by atoms with Crippen molar-refractivity contribution in [2.24, 2.45) is 0 Å². The molecule has 0 saturated carbocycles. The molecule has 0 bridgehead atoms. The largest absolute Gasteiger partial charge is 0.493 e.